The third-order valence-corrected chi connectivity index (χ3v) is 1.67. The summed E-state index contributed by atoms with van der Waals surface area (Å²) in [6.45, 7) is -0.161. The Labute approximate surface area is 87.6 Å². The van der Waals surface area contributed by atoms with E-state index in [1.165, 1.54) is 7.11 Å². The molecule has 0 aliphatic heterocycles. The van der Waals surface area contributed by atoms with Crippen molar-refractivity contribution in [1.29, 1.82) is 0 Å². The third-order valence-electron chi connectivity index (χ3n) is 1.67. The highest BCUT2D eigenvalue weighted by atomic mass is 16.7. The van der Waals surface area contributed by atoms with E-state index in [4.69, 9.17) is 4.84 Å². The smallest absolute Gasteiger partial charge is 0.328 e. The van der Waals surface area contributed by atoms with Crippen molar-refractivity contribution in [2.45, 2.75) is 0 Å². The minimum atomic E-state index is -0.507. The van der Waals surface area contributed by atoms with Gasteiger partial charge < -0.3 is 5.32 Å². The van der Waals surface area contributed by atoms with Gasteiger partial charge in [-0.15, -0.1) is 0 Å². The lowest BCUT2D eigenvalue weighted by Gasteiger charge is -2.19. The predicted molar refractivity (Wildman–Crippen MR) is 55.0 cm³/mol. The molecule has 1 rings (SSSR count). The van der Waals surface area contributed by atoms with Gasteiger partial charge in [0.2, 0.25) is 6.29 Å². The fraction of sp³-hybridized carbons (Fsp3) is 0.200. The Morgan fingerprint density at radius 3 is 2.67 bits per heavy atom. The number of para-hydroxylation sites is 1. The van der Waals surface area contributed by atoms with E-state index in [9.17, 15) is 9.59 Å². The molecule has 0 aliphatic carbocycles. The molecule has 2 amide bonds. The predicted octanol–water partition coefficient (Wildman–Crippen LogP) is 0.874. The molecule has 0 bridgehead atoms. The molecule has 1 radical (unpaired) electrons. The van der Waals surface area contributed by atoms with Gasteiger partial charge >= 0.3 is 6.03 Å². The number of amides is 2. The Kier molecular flexibility index (Phi) is 4.30. The van der Waals surface area contributed by atoms with Crippen molar-refractivity contribution >= 4 is 18.0 Å². The van der Waals surface area contributed by atoms with E-state index in [2.05, 4.69) is 5.32 Å². The molecular weight excluding hydrogens is 196 g/mol. The number of urea groups is 1. The monoisotopic (exact) mass is 207 g/mol. The molecule has 0 spiro atoms. The molecule has 0 saturated carbocycles. The molecule has 15 heavy (non-hydrogen) atoms. The molecule has 0 fully saturated rings. The van der Waals surface area contributed by atoms with Gasteiger partial charge in [-0.05, 0) is 12.1 Å². The summed E-state index contributed by atoms with van der Waals surface area (Å²) in [5, 5.41) is 3.37. The minimum absolute atomic E-state index is 0.161. The molecule has 0 atom stereocenters. The van der Waals surface area contributed by atoms with E-state index in [1.807, 2.05) is 6.07 Å². The quantitative estimate of drug-likeness (QED) is 0.745. The van der Waals surface area contributed by atoms with Crippen LogP contribution in [-0.4, -0.2) is 26.0 Å². The second-order valence-corrected chi connectivity index (χ2v) is 2.62. The lowest BCUT2D eigenvalue weighted by Crippen LogP contribution is -2.40. The Hall–Kier alpha value is -1.88. The van der Waals surface area contributed by atoms with Crippen molar-refractivity contribution in [1.82, 2.24) is 5.32 Å². The van der Waals surface area contributed by atoms with Gasteiger partial charge in [-0.1, -0.05) is 18.2 Å². The molecule has 0 aromatic heterocycles. The Bertz CT molecular complexity index is 327. The summed E-state index contributed by atoms with van der Waals surface area (Å²) in [7, 11) is 1.37. The second-order valence-electron chi connectivity index (χ2n) is 2.62. The summed E-state index contributed by atoms with van der Waals surface area (Å²) < 4.78 is 0. The highest BCUT2D eigenvalue weighted by Gasteiger charge is 2.13. The van der Waals surface area contributed by atoms with Crippen LogP contribution in [-0.2, 0) is 9.63 Å². The molecule has 1 aromatic carbocycles. The number of carbonyl (C=O) groups is 1. The summed E-state index contributed by atoms with van der Waals surface area (Å²) in [5.74, 6) is 0. The minimum Gasteiger partial charge on any atom is -0.328 e. The maximum atomic E-state index is 11.4. The van der Waals surface area contributed by atoms with Crippen molar-refractivity contribution < 1.29 is 14.4 Å². The van der Waals surface area contributed by atoms with Gasteiger partial charge in [0.15, 0.2) is 0 Å². The van der Waals surface area contributed by atoms with Gasteiger partial charge in [0.25, 0.3) is 0 Å². The van der Waals surface area contributed by atoms with Gasteiger partial charge in [-0.2, -0.15) is 5.06 Å². The van der Waals surface area contributed by atoms with Crippen LogP contribution in [0, 0.1) is 0 Å². The van der Waals surface area contributed by atoms with Crippen LogP contribution in [0.1, 0.15) is 0 Å². The maximum absolute atomic E-state index is 11.4. The normalized spacial score (nSPS) is 9.40. The molecule has 0 aliphatic rings. The lowest BCUT2D eigenvalue weighted by atomic mass is 10.3. The Morgan fingerprint density at radius 2 is 2.13 bits per heavy atom. The fourth-order valence-corrected chi connectivity index (χ4v) is 1.05. The van der Waals surface area contributed by atoms with Crippen LogP contribution < -0.4 is 10.4 Å². The molecule has 5 nitrogen and oxygen atoms in total. The first-order valence-electron chi connectivity index (χ1n) is 4.31. The van der Waals surface area contributed by atoms with Crippen LogP contribution in [0.4, 0.5) is 10.5 Å². The summed E-state index contributed by atoms with van der Waals surface area (Å²) in [6.07, 6.45) is 1.56. The van der Waals surface area contributed by atoms with Gasteiger partial charge in [0.1, 0.15) is 0 Å². The van der Waals surface area contributed by atoms with Crippen LogP contribution >= 0.6 is 0 Å². The van der Waals surface area contributed by atoms with Gasteiger partial charge in [-0.3, -0.25) is 9.63 Å². The van der Waals surface area contributed by atoms with E-state index in [0.717, 1.165) is 5.06 Å². The Balaban J connectivity index is 2.71. The number of hydroxylamine groups is 1. The van der Waals surface area contributed by atoms with E-state index < -0.39 is 6.03 Å². The van der Waals surface area contributed by atoms with Gasteiger partial charge in [0.05, 0.1) is 19.3 Å². The number of nitrogens with zero attached hydrogens (tertiary/aromatic N) is 1. The van der Waals surface area contributed by atoms with E-state index in [-0.39, 0.29) is 6.54 Å². The van der Waals surface area contributed by atoms with Crippen molar-refractivity contribution in [3.8, 4) is 0 Å². The van der Waals surface area contributed by atoms with Crippen molar-refractivity contribution in [2.24, 2.45) is 0 Å². The van der Waals surface area contributed by atoms with Gasteiger partial charge in [0, 0.05) is 0 Å². The summed E-state index contributed by atoms with van der Waals surface area (Å²) in [5.41, 5.74) is 0.586. The summed E-state index contributed by atoms with van der Waals surface area (Å²) in [4.78, 5) is 26.3. The van der Waals surface area contributed by atoms with Crippen LogP contribution in [0.5, 0.6) is 0 Å². The summed E-state index contributed by atoms with van der Waals surface area (Å²) in [6, 6.07) is 8.31. The number of hydrogen-bond acceptors (Lipinski definition) is 3. The van der Waals surface area contributed by atoms with E-state index >= 15 is 0 Å². The SMILES string of the molecule is CON(C(=O)NC[C]=O)c1ccccc1. The first kappa shape index (κ1) is 11.2. The molecule has 1 aromatic rings. The molecule has 5 heteroatoms. The van der Waals surface area contributed by atoms with Crippen molar-refractivity contribution in [3.05, 3.63) is 30.3 Å². The third kappa shape index (κ3) is 3.07. The van der Waals surface area contributed by atoms with Crippen molar-refractivity contribution in [3.63, 3.8) is 0 Å². The number of benzene rings is 1. The number of hydrogen-bond donors (Lipinski definition) is 1. The first-order valence-corrected chi connectivity index (χ1v) is 4.31. The van der Waals surface area contributed by atoms with E-state index in [0.29, 0.717) is 5.69 Å². The highest BCUT2D eigenvalue weighted by molar-refractivity contribution is 5.90. The molecule has 0 unspecified atom stereocenters. The van der Waals surface area contributed by atoms with Crippen LogP contribution in [0.3, 0.4) is 0 Å². The maximum Gasteiger partial charge on any atom is 0.346 e. The average molecular weight is 207 g/mol. The summed E-state index contributed by atoms with van der Waals surface area (Å²) >= 11 is 0. The highest BCUT2D eigenvalue weighted by Crippen LogP contribution is 2.12. The average Bonchev–Trinajstić information content (AvgIpc) is 2.29. The molecule has 1 N–H and O–H groups in total. The number of nitrogens with one attached hydrogen (secondary N) is 1. The van der Waals surface area contributed by atoms with E-state index in [1.54, 1.807) is 30.6 Å². The molecule has 0 saturated heterocycles. The topological polar surface area (TPSA) is 58.6 Å². The van der Waals surface area contributed by atoms with Crippen LogP contribution in [0.25, 0.3) is 0 Å². The standard InChI is InChI=1S/C10H11N2O3/c1-15-12(10(14)11-7-8-13)9-5-3-2-4-6-9/h2-6H,7H2,1H3,(H,11,14). The zero-order valence-electron chi connectivity index (χ0n) is 8.27. The zero-order valence-corrected chi connectivity index (χ0v) is 8.27. The molecule has 79 valence electrons. The van der Waals surface area contributed by atoms with Gasteiger partial charge in [-0.25, -0.2) is 4.79 Å². The number of anilines is 1. The second kappa shape index (κ2) is 5.77. The largest absolute Gasteiger partial charge is 0.346 e. The van der Waals surface area contributed by atoms with Crippen LogP contribution in [0.15, 0.2) is 30.3 Å². The Morgan fingerprint density at radius 1 is 1.47 bits per heavy atom. The molecule has 0 heterocycles. The number of carbonyl (C=O) groups excluding carboxylic acids is 2. The first-order chi connectivity index (χ1) is 7.29. The van der Waals surface area contributed by atoms with Crippen molar-refractivity contribution in [2.75, 3.05) is 18.7 Å². The van der Waals surface area contributed by atoms with Crippen LogP contribution in [0.2, 0.25) is 0 Å². The fourth-order valence-electron chi connectivity index (χ4n) is 1.05. The molecular formula is C10H11N2O3. The number of rotatable bonds is 4. The zero-order chi connectivity index (χ0) is 11.1. The lowest BCUT2D eigenvalue weighted by molar-refractivity contribution is 0.163.